The number of likely N-dealkylation sites (tertiary alicyclic amines) is 2. The topological polar surface area (TPSA) is 49.6 Å². The molecule has 2 unspecified atom stereocenters. The van der Waals surface area contributed by atoms with E-state index < -0.39 is 0 Å². The van der Waals surface area contributed by atoms with E-state index in [1.165, 1.54) is 32.4 Å². The van der Waals surface area contributed by atoms with E-state index in [1.807, 2.05) is 0 Å². The molecule has 110 valence electrons. The Hall–Kier alpha value is -0.610. The number of carbonyl (C=O) groups excluding carboxylic acids is 1. The van der Waals surface area contributed by atoms with Crippen LogP contribution >= 0.6 is 0 Å². The molecule has 2 aliphatic rings. The van der Waals surface area contributed by atoms with Crippen molar-refractivity contribution < 1.29 is 4.79 Å². The minimum absolute atomic E-state index is 0.316. The maximum Gasteiger partial charge on any atom is 0.222 e. The predicted molar refractivity (Wildman–Crippen MR) is 77.9 cm³/mol. The van der Waals surface area contributed by atoms with E-state index in [4.69, 9.17) is 5.73 Å². The van der Waals surface area contributed by atoms with Gasteiger partial charge in [-0.05, 0) is 44.8 Å². The highest BCUT2D eigenvalue weighted by Crippen LogP contribution is 2.21. The zero-order chi connectivity index (χ0) is 13.7. The summed E-state index contributed by atoms with van der Waals surface area (Å²) in [5.41, 5.74) is 5.70. The van der Waals surface area contributed by atoms with Crippen molar-refractivity contribution in [2.45, 2.75) is 51.5 Å². The first kappa shape index (κ1) is 14.8. The van der Waals surface area contributed by atoms with Crippen LogP contribution < -0.4 is 5.73 Å². The molecular formula is C15H29N3O. The fourth-order valence-electron chi connectivity index (χ4n) is 3.32. The van der Waals surface area contributed by atoms with Gasteiger partial charge in [-0.15, -0.1) is 0 Å². The van der Waals surface area contributed by atoms with Crippen molar-refractivity contribution in [1.82, 2.24) is 9.80 Å². The van der Waals surface area contributed by atoms with Gasteiger partial charge in [-0.1, -0.05) is 19.8 Å². The minimum atomic E-state index is 0.316. The molecule has 2 aliphatic heterocycles. The fourth-order valence-corrected chi connectivity index (χ4v) is 3.32. The van der Waals surface area contributed by atoms with Gasteiger partial charge in [0.15, 0.2) is 0 Å². The molecule has 2 atom stereocenters. The molecule has 0 aromatic rings. The lowest BCUT2D eigenvalue weighted by Gasteiger charge is -2.32. The van der Waals surface area contributed by atoms with E-state index >= 15 is 0 Å². The molecule has 0 spiro atoms. The summed E-state index contributed by atoms with van der Waals surface area (Å²) in [6.45, 7) is 7.10. The average molecular weight is 267 g/mol. The van der Waals surface area contributed by atoms with Crippen LogP contribution in [0.3, 0.4) is 0 Å². The molecule has 4 nitrogen and oxygen atoms in total. The van der Waals surface area contributed by atoms with Crippen LogP contribution in [-0.2, 0) is 4.79 Å². The summed E-state index contributed by atoms with van der Waals surface area (Å²) < 4.78 is 0. The van der Waals surface area contributed by atoms with Crippen molar-refractivity contribution >= 4 is 5.91 Å². The molecule has 2 N–H and O–H groups in total. The molecule has 0 radical (unpaired) electrons. The van der Waals surface area contributed by atoms with Crippen LogP contribution in [0.1, 0.15) is 45.4 Å². The second-order valence-electron chi connectivity index (χ2n) is 6.09. The van der Waals surface area contributed by atoms with E-state index in [1.54, 1.807) is 0 Å². The number of hydrogen-bond donors (Lipinski definition) is 1. The van der Waals surface area contributed by atoms with Gasteiger partial charge in [0, 0.05) is 25.6 Å². The molecule has 0 aromatic heterocycles. The highest BCUT2D eigenvalue weighted by atomic mass is 16.2. The summed E-state index contributed by atoms with van der Waals surface area (Å²) in [4.78, 5) is 16.9. The molecule has 0 aromatic carbocycles. The van der Waals surface area contributed by atoms with Crippen molar-refractivity contribution in [3.8, 4) is 0 Å². The van der Waals surface area contributed by atoms with Gasteiger partial charge in [0.25, 0.3) is 0 Å². The standard InChI is InChI=1S/C15H29N3O/c1-2-13(11-16)10-15(19)18-9-6-14(12-18)17-7-4-3-5-8-17/h13-14H,2-12,16H2,1H3. The van der Waals surface area contributed by atoms with Gasteiger partial charge in [-0.3, -0.25) is 9.69 Å². The third-order valence-corrected chi connectivity index (χ3v) is 4.80. The third-order valence-electron chi connectivity index (χ3n) is 4.80. The predicted octanol–water partition coefficient (Wildman–Crippen LogP) is 1.45. The monoisotopic (exact) mass is 267 g/mol. The lowest BCUT2D eigenvalue weighted by molar-refractivity contribution is -0.131. The minimum Gasteiger partial charge on any atom is -0.341 e. The fraction of sp³-hybridized carbons (Fsp3) is 0.933. The molecule has 0 bridgehead atoms. The first-order valence-corrected chi connectivity index (χ1v) is 7.96. The maximum atomic E-state index is 12.3. The zero-order valence-corrected chi connectivity index (χ0v) is 12.3. The summed E-state index contributed by atoms with van der Waals surface area (Å²) in [5.74, 6) is 0.679. The SMILES string of the molecule is CCC(CN)CC(=O)N1CCC(N2CCCCC2)C1. The normalized spacial score (nSPS) is 26.6. The molecule has 2 saturated heterocycles. The number of hydrogen-bond acceptors (Lipinski definition) is 3. The highest BCUT2D eigenvalue weighted by molar-refractivity contribution is 5.76. The Kier molecular flexibility index (Phi) is 5.64. The third kappa shape index (κ3) is 3.93. The van der Waals surface area contributed by atoms with Crippen molar-refractivity contribution in [3.05, 3.63) is 0 Å². The van der Waals surface area contributed by atoms with Gasteiger partial charge in [-0.25, -0.2) is 0 Å². The van der Waals surface area contributed by atoms with Crippen molar-refractivity contribution in [2.75, 3.05) is 32.7 Å². The average Bonchev–Trinajstić information content (AvgIpc) is 2.95. The van der Waals surface area contributed by atoms with Crippen LogP contribution in [0.5, 0.6) is 0 Å². The quantitative estimate of drug-likeness (QED) is 0.820. The highest BCUT2D eigenvalue weighted by Gasteiger charge is 2.31. The van der Waals surface area contributed by atoms with Crippen LogP contribution in [0.15, 0.2) is 0 Å². The summed E-state index contributed by atoms with van der Waals surface area (Å²) in [5, 5.41) is 0. The number of nitrogens with two attached hydrogens (primary N) is 1. The Balaban J connectivity index is 1.78. The van der Waals surface area contributed by atoms with Gasteiger partial charge < -0.3 is 10.6 Å². The molecule has 4 heteroatoms. The van der Waals surface area contributed by atoms with Crippen molar-refractivity contribution in [3.63, 3.8) is 0 Å². The molecule has 2 fully saturated rings. The summed E-state index contributed by atoms with van der Waals surface area (Å²) in [7, 11) is 0. The van der Waals surface area contributed by atoms with Crippen LogP contribution in [-0.4, -0.2) is 54.5 Å². The van der Waals surface area contributed by atoms with Gasteiger partial charge in [0.05, 0.1) is 0 Å². The van der Waals surface area contributed by atoms with Crippen LogP contribution in [0.2, 0.25) is 0 Å². The summed E-state index contributed by atoms with van der Waals surface area (Å²) >= 11 is 0. The lowest BCUT2D eigenvalue weighted by Crippen LogP contribution is -2.42. The zero-order valence-electron chi connectivity index (χ0n) is 12.3. The van der Waals surface area contributed by atoms with E-state index in [2.05, 4.69) is 16.7 Å². The molecule has 0 aliphatic carbocycles. The molecule has 1 amide bonds. The molecule has 2 heterocycles. The summed E-state index contributed by atoms with van der Waals surface area (Å²) in [6.07, 6.45) is 6.84. The Morgan fingerprint density at radius 3 is 2.63 bits per heavy atom. The van der Waals surface area contributed by atoms with Gasteiger partial charge >= 0.3 is 0 Å². The molecule has 19 heavy (non-hydrogen) atoms. The number of nitrogens with zero attached hydrogens (tertiary/aromatic N) is 2. The lowest BCUT2D eigenvalue weighted by atomic mass is 10.0. The smallest absolute Gasteiger partial charge is 0.222 e. The second-order valence-corrected chi connectivity index (χ2v) is 6.09. The number of carbonyl (C=O) groups is 1. The number of piperidine rings is 1. The number of amides is 1. The summed E-state index contributed by atoms with van der Waals surface area (Å²) in [6, 6.07) is 0.613. The van der Waals surface area contributed by atoms with Crippen molar-refractivity contribution in [2.24, 2.45) is 11.7 Å². The van der Waals surface area contributed by atoms with E-state index in [0.29, 0.717) is 30.8 Å². The Labute approximate surface area is 117 Å². The molecule has 0 saturated carbocycles. The second kappa shape index (κ2) is 7.25. The van der Waals surface area contributed by atoms with Gasteiger partial charge in [0.1, 0.15) is 0 Å². The Bertz CT molecular complexity index is 285. The first-order chi connectivity index (χ1) is 9.24. The van der Waals surface area contributed by atoms with E-state index in [0.717, 1.165) is 25.9 Å². The maximum absolute atomic E-state index is 12.3. The van der Waals surface area contributed by atoms with Crippen molar-refractivity contribution in [1.29, 1.82) is 0 Å². The number of rotatable bonds is 5. The Morgan fingerprint density at radius 2 is 2.00 bits per heavy atom. The van der Waals surface area contributed by atoms with E-state index in [-0.39, 0.29) is 0 Å². The molecule has 2 rings (SSSR count). The van der Waals surface area contributed by atoms with E-state index in [9.17, 15) is 4.79 Å². The Morgan fingerprint density at radius 1 is 1.26 bits per heavy atom. The molecular weight excluding hydrogens is 238 g/mol. The van der Waals surface area contributed by atoms with Crippen LogP contribution in [0, 0.1) is 5.92 Å². The van der Waals surface area contributed by atoms with Gasteiger partial charge in [0.2, 0.25) is 5.91 Å². The first-order valence-electron chi connectivity index (χ1n) is 7.96. The van der Waals surface area contributed by atoms with Gasteiger partial charge in [-0.2, -0.15) is 0 Å². The van der Waals surface area contributed by atoms with Crippen LogP contribution in [0.4, 0.5) is 0 Å². The largest absolute Gasteiger partial charge is 0.341 e. The van der Waals surface area contributed by atoms with Crippen LogP contribution in [0.25, 0.3) is 0 Å².